The van der Waals surface area contributed by atoms with Gasteiger partial charge in [0.15, 0.2) is 0 Å². The standard InChI is InChI=1S/C14H18ClN3O3/c1-10-9-16(2)6-3-7-17(10)14(19)11-4-5-12(15)13(8-11)18(20)21/h4-5,8,10H,3,6-7,9H2,1-2H3. The minimum absolute atomic E-state index is 0.0419. The van der Waals surface area contributed by atoms with Crippen LogP contribution in [0.25, 0.3) is 0 Å². The highest BCUT2D eigenvalue weighted by Gasteiger charge is 2.26. The smallest absolute Gasteiger partial charge is 0.288 e. The highest BCUT2D eigenvalue weighted by Crippen LogP contribution is 2.26. The van der Waals surface area contributed by atoms with E-state index in [1.54, 1.807) is 11.0 Å². The molecule has 1 aliphatic heterocycles. The molecule has 1 atom stereocenters. The van der Waals surface area contributed by atoms with E-state index in [9.17, 15) is 14.9 Å². The third-order valence-electron chi connectivity index (χ3n) is 3.70. The first-order valence-electron chi connectivity index (χ1n) is 6.83. The van der Waals surface area contributed by atoms with E-state index < -0.39 is 4.92 Å². The van der Waals surface area contributed by atoms with E-state index in [-0.39, 0.29) is 22.7 Å². The molecule has 1 fully saturated rings. The van der Waals surface area contributed by atoms with Gasteiger partial charge in [-0.25, -0.2) is 0 Å². The Morgan fingerprint density at radius 2 is 2.14 bits per heavy atom. The van der Waals surface area contributed by atoms with Crippen molar-refractivity contribution in [1.29, 1.82) is 0 Å². The number of benzene rings is 1. The summed E-state index contributed by atoms with van der Waals surface area (Å²) in [7, 11) is 2.03. The van der Waals surface area contributed by atoms with Crippen LogP contribution in [0.3, 0.4) is 0 Å². The van der Waals surface area contributed by atoms with Crippen LogP contribution in [0.4, 0.5) is 5.69 Å². The number of hydrogen-bond acceptors (Lipinski definition) is 4. The zero-order valence-corrected chi connectivity index (χ0v) is 12.8. The van der Waals surface area contributed by atoms with E-state index in [0.29, 0.717) is 12.1 Å². The van der Waals surface area contributed by atoms with Gasteiger partial charge in [-0.3, -0.25) is 14.9 Å². The minimum Gasteiger partial charge on any atom is -0.335 e. The van der Waals surface area contributed by atoms with Gasteiger partial charge in [0.1, 0.15) is 5.02 Å². The van der Waals surface area contributed by atoms with Gasteiger partial charge < -0.3 is 9.80 Å². The summed E-state index contributed by atoms with van der Waals surface area (Å²) in [5.74, 6) is -0.183. The fourth-order valence-electron chi connectivity index (χ4n) is 2.63. The number of carbonyl (C=O) groups is 1. The largest absolute Gasteiger partial charge is 0.335 e. The number of hydrogen-bond donors (Lipinski definition) is 0. The van der Waals surface area contributed by atoms with Crippen molar-refractivity contribution in [3.8, 4) is 0 Å². The van der Waals surface area contributed by atoms with Crippen molar-refractivity contribution in [2.24, 2.45) is 0 Å². The Morgan fingerprint density at radius 1 is 1.43 bits per heavy atom. The van der Waals surface area contributed by atoms with E-state index in [1.807, 2.05) is 14.0 Å². The fourth-order valence-corrected chi connectivity index (χ4v) is 2.81. The molecule has 0 N–H and O–H groups in total. The van der Waals surface area contributed by atoms with Crippen LogP contribution >= 0.6 is 11.6 Å². The van der Waals surface area contributed by atoms with E-state index in [2.05, 4.69) is 4.90 Å². The van der Waals surface area contributed by atoms with Gasteiger partial charge in [0, 0.05) is 30.8 Å². The maximum atomic E-state index is 12.6. The Bertz CT molecular complexity index is 564. The first kappa shape index (κ1) is 15.7. The summed E-state index contributed by atoms with van der Waals surface area (Å²) in [6.45, 7) is 4.38. The molecule has 7 heteroatoms. The molecule has 0 bridgehead atoms. The summed E-state index contributed by atoms with van der Waals surface area (Å²) in [5, 5.41) is 11.0. The maximum absolute atomic E-state index is 12.6. The number of nitro benzene ring substituents is 1. The third kappa shape index (κ3) is 3.51. The van der Waals surface area contributed by atoms with Crippen LogP contribution in [-0.4, -0.2) is 53.4 Å². The number of carbonyl (C=O) groups excluding carboxylic acids is 1. The number of nitro groups is 1. The summed E-state index contributed by atoms with van der Waals surface area (Å²) >= 11 is 5.78. The third-order valence-corrected chi connectivity index (χ3v) is 4.02. The Labute approximate surface area is 128 Å². The van der Waals surface area contributed by atoms with Gasteiger partial charge in [-0.2, -0.15) is 0 Å². The average Bonchev–Trinajstić information content (AvgIpc) is 2.58. The SMILES string of the molecule is CC1CN(C)CCCN1C(=O)c1ccc(Cl)c([N+](=O)[O-])c1. The molecule has 0 spiro atoms. The molecule has 0 aliphatic carbocycles. The van der Waals surface area contributed by atoms with E-state index >= 15 is 0 Å². The first-order chi connectivity index (χ1) is 9.90. The molecule has 21 heavy (non-hydrogen) atoms. The Morgan fingerprint density at radius 3 is 2.81 bits per heavy atom. The van der Waals surface area contributed by atoms with E-state index in [4.69, 9.17) is 11.6 Å². The van der Waals surface area contributed by atoms with Gasteiger partial charge >= 0.3 is 0 Å². The molecule has 0 aromatic heterocycles. The molecular weight excluding hydrogens is 294 g/mol. The number of nitrogens with zero attached hydrogens (tertiary/aromatic N) is 3. The fraction of sp³-hybridized carbons (Fsp3) is 0.500. The number of likely N-dealkylation sites (N-methyl/N-ethyl adjacent to an activating group) is 1. The normalized spacial score (nSPS) is 20.1. The molecule has 114 valence electrons. The Kier molecular flexibility index (Phi) is 4.80. The molecule has 1 heterocycles. The molecule has 1 aromatic rings. The molecule has 6 nitrogen and oxygen atoms in total. The monoisotopic (exact) mass is 311 g/mol. The topological polar surface area (TPSA) is 66.7 Å². The number of halogens is 1. The summed E-state index contributed by atoms with van der Waals surface area (Å²) in [6, 6.07) is 4.27. The zero-order chi connectivity index (χ0) is 15.6. The molecule has 0 radical (unpaired) electrons. The predicted octanol–water partition coefficient (Wildman–Crippen LogP) is 2.41. The second kappa shape index (κ2) is 6.41. The lowest BCUT2D eigenvalue weighted by Gasteiger charge is -2.28. The number of amides is 1. The van der Waals surface area contributed by atoms with Gasteiger partial charge in [-0.05, 0) is 39.1 Å². The van der Waals surface area contributed by atoms with Gasteiger partial charge in [-0.15, -0.1) is 0 Å². The van der Waals surface area contributed by atoms with Crippen molar-refractivity contribution in [2.45, 2.75) is 19.4 Å². The van der Waals surface area contributed by atoms with Crippen LogP contribution in [0.1, 0.15) is 23.7 Å². The molecule has 0 saturated carbocycles. The highest BCUT2D eigenvalue weighted by molar-refractivity contribution is 6.32. The molecule has 1 amide bonds. The van der Waals surface area contributed by atoms with Crippen LogP contribution in [0.5, 0.6) is 0 Å². The lowest BCUT2D eigenvalue weighted by molar-refractivity contribution is -0.384. The zero-order valence-electron chi connectivity index (χ0n) is 12.1. The van der Waals surface area contributed by atoms with Crippen molar-refractivity contribution < 1.29 is 9.72 Å². The first-order valence-corrected chi connectivity index (χ1v) is 7.21. The quantitative estimate of drug-likeness (QED) is 0.621. The molecular formula is C14H18ClN3O3. The van der Waals surface area contributed by atoms with E-state index in [0.717, 1.165) is 19.5 Å². The lowest BCUT2D eigenvalue weighted by Crippen LogP contribution is -2.42. The maximum Gasteiger partial charge on any atom is 0.288 e. The van der Waals surface area contributed by atoms with Crippen molar-refractivity contribution in [2.75, 3.05) is 26.7 Å². The number of rotatable bonds is 2. The predicted molar refractivity (Wildman–Crippen MR) is 80.7 cm³/mol. The van der Waals surface area contributed by atoms with Gasteiger partial charge in [0.2, 0.25) is 0 Å². The molecule has 1 unspecified atom stereocenters. The van der Waals surface area contributed by atoms with Gasteiger partial charge in [0.05, 0.1) is 4.92 Å². The van der Waals surface area contributed by atoms with Crippen molar-refractivity contribution in [1.82, 2.24) is 9.80 Å². The molecule has 1 aliphatic rings. The summed E-state index contributed by atoms with van der Waals surface area (Å²) < 4.78 is 0. The molecule has 2 rings (SSSR count). The van der Waals surface area contributed by atoms with Crippen LogP contribution in [0.2, 0.25) is 5.02 Å². The second-order valence-corrected chi connectivity index (χ2v) is 5.79. The highest BCUT2D eigenvalue weighted by atomic mass is 35.5. The van der Waals surface area contributed by atoms with Crippen LogP contribution in [0.15, 0.2) is 18.2 Å². The summed E-state index contributed by atoms with van der Waals surface area (Å²) in [5.41, 5.74) is 0.0737. The summed E-state index contributed by atoms with van der Waals surface area (Å²) in [4.78, 5) is 26.9. The Hall–Kier alpha value is -1.66. The second-order valence-electron chi connectivity index (χ2n) is 5.39. The summed E-state index contributed by atoms with van der Waals surface area (Å²) in [6.07, 6.45) is 0.891. The van der Waals surface area contributed by atoms with Crippen molar-refractivity contribution in [3.63, 3.8) is 0 Å². The molecule has 1 aromatic carbocycles. The van der Waals surface area contributed by atoms with Crippen LogP contribution in [0, 0.1) is 10.1 Å². The van der Waals surface area contributed by atoms with E-state index in [1.165, 1.54) is 12.1 Å². The van der Waals surface area contributed by atoms with Crippen molar-refractivity contribution in [3.05, 3.63) is 38.9 Å². The van der Waals surface area contributed by atoms with Crippen LogP contribution < -0.4 is 0 Å². The molecule has 1 saturated heterocycles. The average molecular weight is 312 g/mol. The van der Waals surface area contributed by atoms with Gasteiger partial charge in [0.25, 0.3) is 11.6 Å². The Balaban J connectivity index is 2.27. The lowest BCUT2D eigenvalue weighted by atomic mass is 10.1. The van der Waals surface area contributed by atoms with Crippen molar-refractivity contribution >= 4 is 23.2 Å². The minimum atomic E-state index is -0.571. The van der Waals surface area contributed by atoms with Crippen LogP contribution in [-0.2, 0) is 0 Å². The van der Waals surface area contributed by atoms with Gasteiger partial charge in [-0.1, -0.05) is 11.6 Å².